The standard InChI is InChI=1S/C16H20ClN3O6S/c1-4-6-26-11(21)8-20(27(3,24)25)14-12(17)9(5-2)7-10-13(14)19-16(23)15(22)18-10/h7H,4-6,8H2,1-3H3,(H,18,22)(H,19,23). The van der Waals surface area contributed by atoms with Gasteiger partial charge in [0.15, 0.2) is 0 Å². The summed E-state index contributed by atoms with van der Waals surface area (Å²) in [5.41, 5.74) is -1.19. The van der Waals surface area contributed by atoms with Crippen molar-refractivity contribution >= 4 is 44.3 Å². The van der Waals surface area contributed by atoms with Gasteiger partial charge in [-0.1, -0.05) is 25.4 Å². The number of ether oxygens (including phenoxy) is 1. The Morgan fingerprint density at radius 2 is 1.85 bits per heavy atom. The molecule has 0 spiro atoms. The monoisotopic (exact) mass is 417 g/mol. The first kappa shape index (κ1) is 21.0. The normalized spacial score (nSPS) is 11.6. The second-order valence-corrected chi connectivity index (χ2v) is 8.16. The van der Waals surface area contributed by atoms with Crippen LogP contribution in [0.15, 0.2) is 15.7 Å². The van der Waals surface area contributed by atoms with Crippen LogP contribution in [0, 0.1) is 0 Å². The van der Waals surface area contributed by atoms with Crippen LogP contribution in [-0.2, 0) is 26.0 Å². The summed E-state index contributed by atoms with van der Waals surface area (Å²) in [6, 6.07) is 1.55. The number of rotatable bonds is 7. The molecule has 1 aromatic carbocycles. The largest absolute Gasteiger partial charge is 0.464 e. The predicted molar refractivity (Wildman–Crippen MR) is 103 cm³/mol. The lowest BCUT2D eigenvalue weighted by Crippen LogP contribution is -2.37. The first-order chi connectivity index (χ1) is 12.6. The van der Waals surface area contributed by atoms with Gasteiger partial charge in [0.1, 0.15) is 6.54 Å². The molecule has 148 valence electrons. The third kappa shape index (κ3) is 4.51. The smallest absolute Gasteiger partial charge is 0.326 e. The molecule has 2 rings (SSSR count). The Morgan fingerprint density at radius 3 is 2.41 bits per heavy atom. The summed E-state index contributed by atoms with van der Waals surface area (Å²) < 4.78 is 30.5. The SMILES string of the molecule is CCCOC(=O)CN(c1c(Cl)c(CC)cc2[nH]c(=O)c(=O)[nH]c12)S(C)(=O)=O. The second kappa shape index (κ2) is 8.13. The number of carbonyl (C=O) groups excluding carboxylic acids is 1. The minimum Gasteiger partial charge on any atom is -0.464 e. The number of aromatic nitrogens is 2. The lowest BCUT2D eigenvalue weighted by Gasteiger charge is -2.24. The van der Waals surface area contributed by atoms with Gasteiger partial charge in [0, 0.05) is 0 Å². The van der Waals surface area contributed by atoms with E-state index in [1.54, 1.807) is 19.9 Å². The molecular weight excluding hydrogens is 398 g/mol. The molecule has 9 nitrogen and oxygen atoms in total. The summed E-state index contributed by atoms with van der Waals surface area (Å²) in [5, 5.41) is 0.0569. The molecule has 0 saturated carbocycles. The Kier molecular flexibility index (Phi) is 6.32. The van der Waals surface area contributed by atoms with E-state index >= 15 is 0 Å². The zero-order valence-electron chi connectivity index (χ0n) is 15.1. The summed E-state index contributed by atoms with van der Waals surface area (Å²) in [6.45, 7) is 3.12. The highest BCUT2D eigenvalue weighted by atomic mass is 35.5. The quantitative estimate of drug-likeness (QED) is 0.513. The lowest BCUT2D eigenvalue weighted by atomic mass is 10.1. The van der Waals surface area contributed by atoms with Crippen LogP contribution < -0.4 is 15.4 Å². The fourth-order valence-corrected chi connectivity index (χ4v) is 3.79. The number of halogens is 1. The van der Waals surface area contributed by atoms with Crippen LogP contribution in [0.25, 0.3) is 11.0 Å². The van der Waals surface area contributed by atoms with Crippen molar-refractivity contribution < 1.29 is 17.9 Å². The van der Waals surface area contributed by atoms with Crippen LogP contribution in [-0.4, -0.2) is 43.8 Å². The van der Waals surface area contributed by atoms with Crippen LogP contribution in [0.3, 0.4) is 0 Å². The molecule has 1 heterocycles. The van der Waals surface area contributed by atoms with Crippen molar-refractivity contribution in [2.45, 2.75) is 26.7 Å². The highest BCUT2D eigenvalue weighted by molar-refractivity contribution is 7.92. The van der Waals surface area contributed by atoms with Gasteiger partial charge in [-0.2, -0.15) is 0 Å². The van der Waals surface area contributed by atoms with E-state index in [1.807, 2.05) is 0 Å². The zero-order chi connectivity index (χ0) is 20.4. The molecule has 0 unspecified atom stereocenters. The molecule has 2 N–H and O–H groups in total. The number of benzene rings is 1. The number of sulfonamides is 1. The Labute approximate surface area is 160 Å². The molecule has 0 aliphatic carbocycles. The van der Waals surface area contributed by atoms with E-state index in [-0.39, 0.29) is 28.4 Å². The maximum atomic E-state index is 12.4. The molecule has 0 radical (unpaired) electrons. The van der Waals surface area contributed by atoms with Gasteiger partial charge in [0.05, 0.1) is 34.6 Å². The Bertz CT molecular complexity index is 1090. The fourth-order valence-electron chi connectivity index (χ4n) is 2.51. The number of aromatic amines is 2. The number of nitrogens with zero attached hydrogens (tertiary/aromatic N) is 1. The van der Waals surface area contributed by atoms with E-state index in [0.29, 0.717) is 18.4 Å². The van der Waals surface area contributed by atoms with E-state index in [4.69, 9.17) is 16.3 Å². The first-order valence-electron chi connectivity index (χ1n) is 8.21. The van der Waals surface area contributed by atoms with Crippen molar-refractivity contribution in [2.75, 3.05) is 23.7 Å². The number of carbonyl (C=O) groups is 1. The van der Waals surface area contributed by atoms with Crippen LogP contribution in [0.5, 0.6) is 0 Å². The van der Waals surface area contributed by atoms with Gasteiger partial charge in [0.25, 0.3) is 0 Å². The van der Waals surface area contributed by atoms with E-state index in [9.17, 15) is 22.8 Å². The number of esters is 1. The van der Waals surface area contributed by atoms with Crippen LogP contribution in [0.2, 0.25) is 5.02 Å². The molecule has 27 heavy (non-hydrogen) atoms. The van der Waals surface area contributed by atoms with Crippen molar-refractivity contribution in [3.8, 4) is 0 Å². The zero-order valence-corrected chi connectivity index (χ0v) is 16.7. The molecule has 0 aliphatic heterocycles. The third-order valence-corrected chi connectivity index (χ3v) is 5.31. The number of aryl methyl sites for hydroxylation is 1. The van der Waals surface area contributed by atoms with Crippen molar-refractivity contribution in [1.29, 1.82) is 0 Å². The minimum absolute atomic E-state index is 0.00974. The average Bonchev–Trinajstić information content (AvgIpc) is 2.59. The number of nitrogens with one attached hydrogen (secondary N) is 2. The van der Waals surface area contributed by atoms with Crippen molar-refractivity contribution in [3.63, 3.8) is 0 Å². The van der Waals surface area contributed by atoms with Crippen molar-refractivity contribution in [1.82, 2.24) is 9.97 Å². The highest BCUT2D eigenvalue weighted by Crippen LogP contribution is 2.36. The van der Waals surface area contributed by atoms with Crippen LogP contribution in [0.1, 0.15) is 25.8 Å². The first-order valence-corrected chi connectivity index (χ1v) is 10.4. The summed E-state index contributed by atoms with van der Waals surface area (Å²) >= 11 is 6.40. The molecule has 0 saturated heterocycles. The highest BCUT2D eigenvalue weighted by Gasteiger charge is 2.28. The summed E-state index contributed by atoms with van der Waals surface area (Å²) in [5.74, 6) is -0.764. The molecular formula is C16H20ClN3O6S. The topological polar surface area (TPSA) is 129 Å². The van der Waals surface area contributed by atoms with Gasteiger partial charge in [-0.3, -0.25) is 18.7 Å². The van der Waals surface area contributed by atoms with Crippen LogP contribution >= 0.6 is 11.6 Å². The number of hydrogen-bond donors (Lipinski definition) is 2. The van der Waals surface area contributed by atoms with Gasteiger partial charge in [-0.05, 0) is 24.5 Å². The number of hydrogen-bond acceptors (Lipinski definition) is 6. The maximum absolute atomic E-state index is 12.4. The molecule has 0 bridgehead atoms. The molecule has 0 aliphatic rings. The van der Waals surface area contributed by atoms with E-state index < -0.39 is 33.7 Å². The maximum Gasteiger partial charge on any atom is 0.326 e. The van der Waals surface area contributed by atoms with Gasteiger partial charge in [-0.25, -0.2) is 8.42 Å². The molecule has 0 fully saturated rings. The Hall–Kier alpha value is -2.33. The Balaban J connectivity index is 2.79. The molecule has 1 aromatic heterocycles. The number of H-pyrrole nitrogens is 2. The Morgan fingerprint density at radius 1 is 1.22 bits per heavy atom. The second-order valence-electron chi connectivity index (χ2n) is 5.87. The third-order valence-electron chi connectivity index (χ3n) is 3.78. The van der Waals surface area contributed by atoms with E-state index in [0.717, 1.165) is 10.6 Å². The summed E-state index contributed by atoms with van der Waals surface area (Å²) in [7, 11) is -3.97. The van der Waals surface area contributed by atoms with E-state index in [2.05, 4.69) is 9.97 Å². The molecule has 2 aromatic rings. The minimum atomic E-state index is -3.97. The van der Waals surface area contributed by atoms with Gasteiger partial charge in [-0.15, -0.1) is 0 Å². The fraction of sp³-hybridized carbons (Fsp3) is 0.438. The lowest BCUT2D eigenvalue weighted by molar-refractivity contribution is -0.141. The van der Waals surface area contributed by atoms with Crippen molar-refractivity contribution in [3.05, 3.63) is 37.4 Å². The number of fused-ring (bicyclic) bond motifs is 1. The van der Waals surface area contributed by atoms with E-state index in [1.165, 1.54) is 0 Å². The average molecular weight is 418 g/mol. The summed E-state index contributed by atoms with van der Waals surface area (Å²) in [6.07, 6.45) is 1.92. The van der Waals surface area contributed by atoms with Gasteiger partial charge in [0.2, 0.25) is 10.0 Å². The summed E-state index contributed by atoms with van der Waals surface area (Å²) in [4.78, 5) is 40.2. The molecule has 0 amide bonds. The molecule has 0 atom stereocenters. The van der Waals surface area contributed by atoms with Crippen molar-refractivity contribution in [2.24, 2.45) is 0 Å². The van der Waals surface area contributed by atoms with Crippen LogP contribution in [0.4, 0.5) is 5.69 Å². The molecule has 11 heteroatoms. The van der Waals surface area contributed by atoms with Gasteiger partial charge >= 0.3 is 17.1 Å². The van der Waals surface area contributed by atoms with Gasteiger partial charge < -0.3 is 14.7 Å². The predicted octanol–water partition coefficient (Wildman–Crippen LogP) is 1.15. The number of anilines is 1.